The van der Waals surface area contributed by atoms with Crippen molar-refractivity contribution in [2.24, 2.45) is 5.92 Å². The number of aryl methyl sites for hydroxylation is 2. The topological polar surface area (TPSA) is 152 Å². The number of furan rings is 1. The van der Waals surface area contributed by atoms with Crippen LogP contribution in [0.5, 0.6) is 0 Å². The summed E-state index contributed by atoms with van der Waals surface area (Å²) >= 11 is 0. The number of aliphatic hydroxyl groups is 1. The first-order valence-electron chi connectivity index (χ1n) is 20.4. The summed E-state index contributed by atoms with van der Waals surface area (Å²) in [6.07, 6.45) is -5.48. The lowest BCUT2D eigenvalue weighted by atomic mass is 9.88. The largest absolute Gasteiger partial charge is 0.457 e. The Hall–Kier alpha value is -4.73. The molecule has 3 aromatic carbocycles. The van der Waals surface area contributed by atoms with Gasteiger partial charge in [0.25, 0.3) is 5.91 Å². The molecule has 0 aliphatic carbocycles. The molecule has 13 heteroatoms. The number of methoxy groups -OCH3 is 2. The molecule has 1 N–H and O–H groups in total. The zero-order valence-corrected chi connectivity index (χ0v) is 35.4. The number of amides is 2. The van der Waals surface area contributed by atoms with E-state index in [4.69, 9.17) is 37.6 Å². The predicted molar refractivity (Wildman–Crippen MR) is 221 cm³/mol. The van der Waals surface area contributed by atoms with Gasteiger partial charge in [-0.1, -0.05) is 104 Å². The number of ketones is 1. The highest BCUT2D eigenvalue weighted by molar-refractivity contribution is 6.14. The van der Waals surface area contributed by atoms with Gasteiger partial charge < -0.3 is 42.7 Å². The molecule has 2 aliphatic rings. The first-order chi connectivity index (χ1) is 28.9. The molecule has 2 amide bonds. The minimum atomic E-state index is -1.65. The second-order valence-corrected chi connectivity index (χ2v) is 16.1. The van der Waals surface area contributed by atoms with Crippen molar-refractivity contribution < 1.29 is 57.1 Å². The fourth-order valence-electron chi connectivity index (χ4n) is 8.22. The van der Waals surface area contributed by atoms with E-state index >= 15 is 0 Å². The van der Waals surface area contributed by atoms with Gasteiger partial charge >= 0.3 is 6.09 Å². The molecule has 2 fully saturated rings. The van der Waals surface area contributed by atoms with Crippen molar-refractivity contribution >= 4 is 17.8 Å². The molecule has 322 valence electrons. The van der Waals surface area contributed by atoms with E-state index in [9.17, 15) is 19.5 Å². The van der Waals surface area contributed by atoms with E-state index in [1.54, 1.807) is 19.9 Å². The summed E-state index contributed by atoms with van der Waals surface area (Å²) < 4.78 is 48.8. The maximum Gasteiger partial charge on any atom is 0.417 e. The number of hydrogen-bond donors (Lipinski definition) is 1. The number of benzene rings is 3. The monoisotopic (exact) mass is 827 g/mol. The van der Waals surface area contributed by atoms with E-state index in [2.05, 4.69) is 0 Å². The molecule has 7 atom stereocenters. The highest BCUT2D eigenvalue weighted by Crippen LogP contribution is 2.36. The van der Waals surface area contributed by atoms with Gasteiger partial charge in [0.2, 0.25) is 11.9 Å². The minimum absolute atomic E-state index is 0.0847. The summed E-state index contributed by atoms with van der Waals surface area (Å²) in [7, 11) is 2.76. The third kappa shape index (κ3) is 10.2. The summed E-state index contributed by atoms with van der Waals surface area (Å²) in [6, 6.07) is 28.3. The Morgan fingerprint density at radius 3 is 2.08 bits per heavy atom. The molecule has 4 aromatic rings. The highest BCUT2D eigenvalue weighted by Gasteiger charge is 2.54. The first-order valence-corrected chi connectivity index (χ1v) is 20.4. The van der Waals surface area contributed by atoms with Crippen LogP contribution in [0.1, 0.15) is 67.1 Å². The lowest BCUT2D eigenvalue weighted by molar-refractivity contribution is -0.319. The van der Waals surface area contributed by atoms with E-state index in [1.165, 1.54) is 14.2 Å². The summed E-state index contributed by atoms with van der Waals surface area (Å²) in [6.45, 7) is 9.60. The van der Waals surface area contributed by atoms with Gasteiger partial charge in [-0.25, -0.2) is 9.69 Å². The highest BCUT2D eigenvalue weighted by atomic mass is 16.7. The minimum Gasteiger partial charge on any atom is -0.457 e. The first kappa shape index (κ1) is 44.8. The molecule has 1 aromatic heterocycles. The van der Waals surface area contributed by atoms with Crippen molar-refractivity contribution in [1.82, 2.24) is 4.90 Å². The van der Waals surface area contributed by atoms with Crippen molar-refractivity contribution in [2.75, 3.05) is 27.4 Å². The van der Waals surface area contributed by atoms with Gasteiger partial charge in [-0.2, -0.15) is 0 Å². The average molecular weight is 828 g/mol. The van der Waals surface area contributed by atoms with Gasteiger partial charge in [-0.15, -0.1) is 0 Å². The van der Waals surface area contributed by atoms with Crippen LogP contribution < -0.4 is 0 Å². The van der Waals surface area contributed by atoms with Crippen LogP contribution in [0.25, 0.3) is 11.1 Å². The number of cyclic esters (lactones) is 1. The van der Waals surface area contributed by atoms with Gasteiger partial charge in [0.1, 0.15) is 35.8 Å². The van der Waals surface area contributed by atoms with Crippen LogP contribution in [0, 0.1) is 12.8 Å². The fourth-order valence-corrected chi connectivity index (χ4v) is 8.22. The third-order valence-corrected chi connectivity index (χ3v) is 10.9. The van der Waals surface area contributed by atoms with Crippen LogP contribution in [-0.4, -0.2) is 104 Å². The number of ether oxygens (including phenoxy) is 7. The van der Waals surface area contributed by atoms with Gasteiger partial charge in [0, 0.05) is 32.8 Å². The van der Waals surface area contributed by atoms with Crippen LogP contribution in [-0.2, 0) is 57.6 Å². The zero-order chi connectivity index (χ0) is 43.0. The van der Waals surface area contributed by atoms with Crippen molar-refractivity contribution in [3.05, 3.63) is 119 Å². The van der Waals surface area contributed by atoms with E-state index in [1.807, 2.05) is 106 Å². The maximum absolute atomic E-state index is 14.1. The number of hydrogen-bond acceptors (Lipinski definition) is 12. The maximum atomic E-state index is 14.1. The zero-order valence-electron chi connectivity index (χ0n) is 35.4. The Labute approximate surface area is 351 Å². The molecule has 60 heavy (non-hydrogen) atoms. The molecule has 3 heterocycles. The molecule has 6 rings (SSSR count). The standard InChI is InChI=1S/C47H57NO12/c1-29(2)43-47(4,5)60-46(52)48(43)44(51)40(53-6)38(50)36-25-34(33-21-14-16-30(3)24-33)35(58-36)22-15-23-55-42-41(57-28-32-19-12-9-13-20-32)39(37(26-49)59-45(42)54-7)56-27-31-17-10-8-11-18-31/h8-14,16-21,24-25,29,37,39-43,45,49H,15,22-23,26-28H2,1-7H3. The van der Waals surface area contributed by atoms with Crippen molar-refractivity contribution in [3.63, 3.8) is 0 Å². The number of aliphatic hydroxyl groups excluding tert-OH is 1. The summed E-state index contributed by atoms with van der Waals surface area (Å²) in [5.41, 5.74) is 3.44. The number of Topliss-reactive ketones (excluding diaryl/α,β-unsaturated/α-hetero) is 1. The van der Waals surface area contributed by atoms with Gasteiger partial charge in [0.15, 0.2) is 12.1 Å². The molecule has 2 saturated heterocycles. The van der Waals surface area contributed by atoms with E-state index in [0.29, 0.717) is 24.2 Å². The van der Waals surface area contributed by atoms with Crippen molar-refractivity contribution in [1.29, 1.82) is 0 Å². The Morgan fingerprint density at radius 1 is 0.850 bits per heavy atom. The van der Waals surface area contributed by atoms with Gasteiger partial charge in [-0.3, -0.25) is 9.59 Å². The van der Waals surface area contributed by atoms with E-state index in [-0.39, 0.29) is 38.1 Å². The molecule has 13 nitrogen and oxygen atoms in total. The molecule has 0 radical (unpaired) electrons. The van der Waals surface area contributed by atoms with Crippen LogP contribution in [0.2, 0.25) is 0 Å². The molecule has 7 unspecified atom stereocenters. The lowest BCUT2D eigenvalue weighted by Crippen LogP contribution is -2.61. The second-order valence-electron chi connectivity index (χ2n) is 16.1. The van der Waals surface area contributed by atoms with E-state index < -0.39 is 66.2 Å². The van der Waals surface area contributed by atoms with Gasteiger partial charge in [0.05, 0.1) is 25.9 Å². The average Bonchev–Trinajstić information content (AvgIpc) is 3.78. The summed E-state index contributed by atoms with van der Waals surface area (Å²) in [4.78, 5) is 42.0. The number of carbonyl (C=O) groups excluding carboxylic acids is 3. The quantitative estimate of drug-likeness (QED) is 0.0584. The van der Waals surface area contributed by atoms with Crippen molar-refractivity contribution in [3.8, 4) is 11.1 Å². The molecular weight excluding hydrogens is 771 g/mol. The normalized spacial score (nSPS) is 23.1. The van der Waals surface area contributed by atoms with Crippen LogP contribution >= 0.6 is 0 Å². The third-order valence-electron chi connectivity index (χ3n) is 10.9. The van der Waals surface area contributed by atoms with E-state index in [0.717, 1.165) is 27.2 Å². The fraction of sp³-hybridized carbons (Fsp3) is 0.468. The molecule has 2 aliphatic heterocycles. The lowest BCUT2D eigenvalue weighted by Gasteiger charge is -2.45. The van der Waals surface area contributed by atoms with Crippen molar-refractivity contribution in [2.45, 2.75) is 109 Å². The summed E-state index contributed by atoms with van der Waals surface area (Å²) in [5.74, 6) is -1.28. The Balaban J connectivity index is 1.22. The molecule has 0 bridgehead atoms. The van der Waals surface area contributed by atoms with Gasteiger partial charge in [-0.05, 0) is 55.9 Å². The smallest absolute Gasteiger partial charge is 0.417 e. The molecular formula is C47H57NO12. The second kappa shape index (κ2) is 20.2. The SMILES string of the molecule is COC(C(=O)c1cc(-c2cccc(C)c2)c(CCCOC2C(OC)OC(CO)C(OCc3ccccc3)C2OCc2ccccc2)o1)C(=O)N1C(=O)OC(C)(C)C1C(C)C. The van der Waals surface area contributed by atoms with Crippen LogP contribution in [0.15, 0.2) is 95.4 Å². The Kier molecular flexibility index (Phi) is 15.1. The summed E-state index contributed by atoms with van der Waals surface area (Å²) in [5, 5.41) is 10.4. The number of rotatable bonds is 19. The Morgan fingerprint density at radius 2 is 1.50 bits per heavy atom. The number of nitrogens with zero attached hydrogens (tertiary/aromatic N) is 1. The molecule has 0 spiro atoms. The molecule has 0 saturated carbocycles. The Bertz CT molecular complexity index is 2030. The number of imide groups is 1. The number of carbonyl (C=O) groups is 3. The predicted octanol–water partition coefficient (Wildman–Crippen LogP) is 7.09. The van der Waals surface area contributed by atoms with Crippen LogP contribution in [0.4, 0.5) is 4.79 Å². The van der Waals surface area contributed by atoms with Crippen LogP contribution in [0.3, 0.4) is 0 Å².